The zero-order chi connectivity index (χ0) is 22.3. The molecule has 32 heavy (non-hydrogen) atoms. The average Bonchev–Trinajstić information content (AvgIpc) is 2.82. The largest absolute Gasteiger partial charge is 0.325 e. The van der Waals surface area contributed by atoms with Crippen molar-refractivity contribution in [3.63, 3.8) is 0 Å². The van der Waals surface area contributed by atoms with Crippen LogP contribution in [0, 0.1) is 0 Å². The summed E-state index contributed by atoms with van der Waals surface area (Å²) < 4.78 is 0.944. The smallest absolute Gasteiger partial charge is 0.255 e. The molecule has 0 atom stereocenters. The predicted octanol–water partition coefficient (Wildman–Crippen LogP) is 6.47. The molecule has 0 saturated carbocycles. The Hall–Kier alpha value is -3.70. The van der Waals surface area contributed by atoms with E-state index in [0.29, 0.717) is 16.9 Å². The van der Waals surface area contributed by atoms with Crippen LogP contribution in [-0.4, -0.2) is 11.8 Å². The SMILES string of the molecule is O=C(Nc1ccc(Br)cc1)c1ccc(NC(=O)C(c2ccccc2)c2ccccc2)cc1. The molecule has 0 bridgehead atoms. The number of benzene rings is 4. The molecular formula is C27H21BrN2O2. The van der Waals surface area contributed by atoms with Gasteiger partial charge in [-0.15, -0.1) is 0 Å². The summed E-state index contributed by atoms with van der Waals surface area (Å²) in [5.41, 5.74) is 3.69. The van der Waals surface area contributed by atoms with Crippen LogP contribution in [0.4, 0.5) is 11.4 Å². The van der Waals surface area contributed by atoms with Gasteiger partial charge in [-0.1, -0.05) is 76.6 Å². The average molecular weight is 485 g/mol. The summed E-state index contributed by atoms with van der Waals surface area (Å²) in [6.45, 7) is 0. The summed E-state index contributed by atoms with van der Waals surface area (Å²) in [6, 6.07) is 33.6. The number of hydrogen-bond donors (Lipinski definition) is 2. The molecule has 158 valence electrons. The molecule has 2 N–H and O–H groups in total. The maximum Gasteiger partial charge on any atom is 0.255 e. The van der Waals surface area contributed by atoms with Gasteiger partial charge in [-0.2, -0.15) is 0 Å². The van der Waals surface area contributed by atoms with Crippen molar-refractivity contribution in [2.45, 2.75) is 5.92 Å². The second-order valence-corrected chi connectivity index (χ2v) is 8.20. The normalized spacial score (nSPS) is 10.6. The summed E-state index contributed by atoms with van der Waals surface area (Å²) in [7, 11) is 0. The second-order valence-electron chi connectivity index (χ2n) is 7.28. The predicted molar refractivity (Wildman–Crippen MR) is 132 cm³/mol. The minimum absolute atomic E-state index is 0.130. The molecule has 0 radical (unpaired) electrons. The van der Waals surface area contributed by atoms with Gasteiger partial charge in [-0.3, -0.25) is 9.59 Å². The van der Waals surface area contributed by atoms with Gasteiger partial charge in [0.25, 0.3) is 5.91 Å². The quantitative estimate of drug-likeness (QED) is 0.329. The fourth-order valence-corrected chi connectivity index (χ4v) is 3.71. The maximum atomic E-state index is 13.2. The Labute approximate surface area is 195 Å². The lowest BCUT2D eigenvalue weighted by molar-refractivity contribution is -0.116. The minimum Gasteiger partial charge on any atom is -0.325 e. The third-order valence-corrected chi connectivity index (χ3v) is 5.57. The highest BCUT2D eigenvalue weighted by Crippen LogP contribution is 2.26. The third-order valence-electron chi connectivity index (χ3n) is 5.04. The highest BCUT2D eigenvalue weighted by molar-refractivity contribution is 9.10. The van der Waals surface area contributed by atoms with E-state index in [9.17, 15) is 9.59 Å². The first-order chi connectivity index (χ1) is 15.6. The number of carbonyl (C=O) groups is 2. The number of rotatable bonds is 6. The first-order valence-electron chi connectivity index (χ1n) is 10.2. The molecule has 0 aromatic heterocycles. The molecule has 4 aromatic rings. The van der Waals surface area contributed by atoms with Gasteiger partial charge in [0, 0.05) is 21.4 Å². The van der Waals surface area contributed by atoms with Crippen molar-refractivity contribution in [1.82, 2.24) is 0 Å². The van der Waals surface area contributed by atoms with E-state index < -0.39 is 5.92 Å². The fourth-order valence-electron chi connectivity index (χ4n) is 3.44. The Morgan fingerprint density at radius 1 is 0.594 bits per heavy atom. The van der Waals surface area contributed by atoms with Crippen LogP contribution in [0.3, 0.4) is 0 Å². The molecule has 0 fully saturated rings. The van der Waals surface area contributed by atoms with Gasteiger partial charge in [-0.25, -0.2) is 0 Å². The van der Waals surface area contributed by atoms with E-state index in [2.05, 4.69) is 26.6 Å². The molecule has 4 rings (SSSR count). The van der Waals surface area contributed by atoms with E-state index in [1.165, 1.54) is 0 Å². The molecule has 2 amide bonds. The van der Waals surface area contributed by atoms with Crippen molar-refractivity contribution >= 4 is 39.1 Å². The lowest BCUT2D eigenvalue weighted by atomic mass is 9.90. The molecular weight excluding hydrogens is 464 g/mol. The van der Waals surface area contributed by atoms with Crippen molar-refractivity contribution in [3.05, 3.63) is 130 Å². The van der Waals surface area contributed by atoms with Crippen LogP contribution < -0.4 is 10.6 Å². The van der Waals surface area contributed by atoms with E-state index in [1.807, 2.05) is 84.9 Å². The van der Waals surface area contributed by atoms with Crippen molar-refractivity contribution in [2.24, 2.45) is 0 Å². The molecule has 0 aliphatic rings. The Balaban J connectivity index is 1.48. The Kier molecular flexibility index (Phi) is 6.78. The van der Waals surface area contributed by atoms with Crippen molar-refractivity contribution < 1.29 is 9.59 Å². The van der Waals surface area contributed by atoms with Gasteiger partial charge in [0.1, 0.15) is 0 Å². The number of halogens is 1. The van der Waals surface area contributed by atoms with E-state index in [4.69, 9.17) is 0 Å². The molecule has 0 unspecified atom stereocenters. The summed E-state index contributed by atoms with van der Waals surface area (Å²) in [4.78, 5) is 25.7. The summed E-state index contributed by atoms with van der Waals surface area (Å²) in [5.74, 6) is -0.774. The van der Waals surface area contributed by atoms with E-state index >= 15 is 0 Å². The number of nitrogens with one attached hydrogen (secondary N) is 2. The minimum atomic E-state index is -0.433. The zero-order valence-corrected chi connectivity index (χ0v) is 18.8. The molecule has 0 aliphatic heterocycles. The van der Waals surface area contributed by atoms with Crippen LogP contribution in [0.1, 0.15) is 27.4 Å². The van der Waals surface area contributed by atoms with Gasteiger partial charge in [0.2, 0.25) is 5.91 Å². The van der Waals surface area contributed by atoms with E-state index in [0.717, 1.165) is 15.6 Å². The van der Waals surface area contributed by atoms with Crippen LogP contribution in [-0.2, 0) is 4.79 Å². The van der Waals surface area contributed by atoms with Gasteiger partial charge in [0.05, 0.1) is 5.92 Å². The second kappa shape index (κ2) is 10.1. The Bertz CT molecular complexity index is 1150. The van der Waals surface area contributed by atoms with E-state index in [1.54, 1.807) is 24.3 Å². The highest BCUT2D eigenvalue weighted by atomic mass is 79.9. The lowest BCUT2D eigenvalue weighted by Gasteiger charge is -2.18. The summed E-state index contributed by atoms with van der Waals surface area (Å²) in [6.07, 6.45) is 0. The van der Waals surface area contributed by atoms with Gasteiger partial charge >= 0.3 is 0 Å². The first kappa shape index (κ1) is 21.5. The maximum absolute atomic E-state index is 13.2. The molecule has 0 aliphatic carbocycles. The van der Waals surface area contributed by atoms with Crippen LogP contribution in [0.15, 0.2) is 114 Å². The number of amides is 2. The zero-order valence-electron chi connectivity index (χ0n) is 17.2. The van der Waals surface area contributed by atoms with Crippen LogP contribution >= 0.6 is 15.9 Å². The molecule has 4 nitrogen and oxygen atoms in total. The molecule has 0 heterocycles. The molecule has 5 heteroatoms. The monoisotopic (exact) mass is 484 g/mol. The topological polar surface area (TPSA) is 58.2 Å². The van der Waals surface area contributed by atoms with Crippen molar-refractivity contribution in [2.75, 3.05) is 10.6 Å². The molecule has 0 saturated heterocycles. The van der Waals surface area contributed by atoms with Crippen LogP contribution in [0.2, 0.25) is 0 Å². The third kappa shape index (κ3) is 5.31. The molecule has 0 spiro atoms. The first-order valence-corrected chi connectivity index (χ1v) is 11.0. The molecule has 4 aromatic carbocycles. The van der Waals surface area contributed by atoms with Gasteiger partial charge in [0.15, 0.2) is 0 Å². The van der Waals surface area contributed by atoms with Crippen LogP contribution in [0.25, 0.3) is 0 Å². The lowest BCUT2D eigenvalue weighted by Crippen LogP contribution is -2.22. The van der Waals surface area contributed by atoms with Crippen LogP contribution in [0.5, 0.6) is 0 Å². The summed E-state index contributed by atoms with van der Waals surface area (Å²) in [5, 5.41) is 5.84. The van der Waals surface area contributed by atoms with E-state index in [-0.39, 0.29) is 11.8 Å². The van der Waals surface area contributed by atoms with Crippen molar-refractivity contribution in [3.8, 4) is 0 Å². The van der Waals surface area contributed by atoms with Crippen molar-refractivity contribution in [1.29, 1.82) is 0 Å². The Morgan fingerprint density at radius 2 is 1.06 bits per heavy atom. The number of anilines is 2. The van der Waals surface area contributed by atoms with Gasteiger partial charge < -0.3 is 10.6 Å². The summed E-state index contributed by atoms with van der Waals surface area (Å²) >= 11 is 3.38. The highest BCUT2D eigenvalue weighted by Gasteiger charge is 2.22. The Morgan fingerprint density at radius 3 is 1.59 bits per heavy atom. The number of carbonyl (C=O) groups excluding carboxylic acids is 2. The van der Waals surface area contributed by atoms with Gasteiger partial charge in [-0.05, 0) is 59.7 Å². The standard InChI is InChI=1S/C27H21BrN2O2/c28-22-13-17-24(18-14-22)29-26(31)21-11-15-23(16-12-21)30-27(32)25(19-7-3-1-4-8-19)20-9-5-2-6-10-20/h1-18,25H,(H,29,31)(H,30,32). The fraction of sp³-hybridized carbons (Fsp3) is 0.0370. The number of hydrogen-bond acceptors (Lipinski definition) is 2.